The van der Waals surface area contributed by atoms with Crippen molar-refractivity contribution in [1.29, 1.82) is 0 Å². The highest BCUT2D eigenvalue weighted by molar-refractivity contribution is 5.92. The van der Waals surface area contributed by atoms with Crippen LogP contribution in [0.4, 0.5) is 24.8 Å². The van der Waals surface area contributed by atoms with Gasteiger partial charge in [0.25, 0.3) is 5.91 Å². The van der Waals surface area contributed by atoms with Gasteiger partial charge in [0.15, 0.2) is 0 Å². The number of anilines is 2. The van der Waals surface area contributed by atoms with Crippen LogP contribution in [0.15, 0.2) is 60.8 Å². The number of hydrogen-bond donors (Lipinski definition) is 2. The number of rotatable bonds is 8. The standard InChI is InChI=1S/C27H27F3N6O2/c1-35-24-8-7-20(16-22(24)34-26(35)33-19-6-4-5-18(15-19)27(28,29)30)38-21-9-10-31-23(17-21)25(37)32-11-14-36-12-2-3-13-36/h4-10,15-17H,2-3,11-14H2,1H3,(H,32,37)(H,33,34). The predicted octanol–water partition coefficient (Wildman–Crippen LogP) is 5.35. The summed E-state index contributed by atoms with van der Waals surface area (Å²) in [5, 5.41) is 5.85. The lowest BCUT2D eigenvalue weighted by molar-refractivity contribution is -0.137. The van der Waals surface area contributed by atoms with Crippen molar-refractivity contribution < 1.29 is 22.7 Å². The van der Waals surface area contributed by atoms with E-state index >= 15 is 0 Å². The lowest BCUT2D eigenvalue weighted by Gasteiger charge is -2.14. The van der Waals surface area contributed by atoms with Crippen molar-refractivity contribution >= 4 is 28.6 Å². The van der Waals surface area contributed by atoms with Gasteiger partial charge in [-0.05, 0) is 62.3 Å². The second-order valence-electron chi connectivity index (χ2n) is 9.13. The number of likely N-dealkylation sites (tertiary alicyclic amines) is 1. The third-order valence-electron chi connectivity index (χ3n) is 6.41. The number of carbonyl (C=O) groups excluding carboxylic acids is 1. The first kappa shape index (κ1) is 25.5. The molecule has 11 heteroatoms. The number of aromatic nitrogens is 3. The van der Waals surface area contributed by atoms with Crippen LogP contribution in [0.3, 0.4) is 0 Å². The molecule has 0 radical (unpaired) electrons. The number of pyridine rings is 1. The molecule has 38 heavy (non-hydrogen) atoms. The van der Waals surface area contributed by atoms with Crippen molar-refractivity contribution in [2.75, 3.05) is 31.5 Å². The van der Waals surface area contributed by atoms with E-state index in [9.17, 15) is 18.0 Å². The van der Waals surface area contributed by atoms with E-state index in [2.05, 4.69) is 25.5 Å². The smallest absolute Gasteiger partial charge is 0.416 e. The molecule has 198 valence electrons. The monoisotopic (exact) mass is 524 g/mol. The number of hydrogen-bond acceptors (Lipinski definition) is 6. The summed E-state index contributed by atoms with van der Waals surface area (Å²) in [7, 11) is 1.77. The fourth-order valence-corrected chi connectivity index (χ4v) is 4.42. The summed E-state index contributed by atoms with van der Waals surface area (Å²) in [6, 6.07) is 13.5. The molecule has 0 atom stereocenters. The third kappa shape index (κ3) is 5.88. The summed E-state index contributed by atoms with van der Waals surface area (Å²) in [6.07, 6.45) is -0.516. The van der Waals surface area contributed by atoms with Crippen molar-refractivity contribution in [3.63, 3.8) is 0 Å². The number of nitrogens with one attached hydrogen (secondary N) is 2. The molecule has 2 aromatic carbocycles. The summed E-state index contributed by atoms with van der Waals surface area (Å²) < 4.78 is 46.9. The highest BCUT2D eigenvalue weighted by atomic mass is 19.4. The van der Waals surface area contributed by atoms with Crippen molar-refractivity contribution in [3.05, 3.63) is 72.1 Å². The Balaban J connectivity index is 1.27. The van der Waals surface area contributed by atoms with Crippen molar-refractivity contribution in [1.82, 2.24) is 24.8 Å². The average molecular weight is 525 g/mol. The minimum Gasteiger partial charge on any atom is -0.457 e. The molecule has 0 spiro atoms. The summed E-state index contributed by atoms with van der Waals surface area (Å²) in [5.41, 5.74) is 1.15. The maximum absolute atomic E-state index is 13.1. The molecule has 4 aromatic rings. The SMILES string of the molecule is Cn1c(Nc2cccc(C(F)(F)F)c2)nc2cc(Oc3ccnc(C(=O)NCCN4CCCC4)c3)ccc21. The molecule has 0 unspecified atom stereocenters. The molecule has 3 heterocycles. The highest BCUT2D eigenvalue weighted by Gasteiger charge is 2.30. The number of alkyl halides is 3. The quantitative estimate of drug-likeness (QED) is 0.323. The molecule has 1 saturated heterocycles. The van der Waals surface area contributed by atoms with E-state index in [1.165, 1.54) is 25.1 Å². The fraction of sp³-hybridized carbons (Fsp3) is 0.296. The molecule has 2 aromatic heterocycles. The molecule has 1 fully saturated rings. The molecule has 1 aliphatic rings. The summed E-state index contributed by atoms with van der Waals surface area (Å²) >= 11 is 0. The Kier molecular flexibility index (Phi) is 7.19. The van der Waals surface area contributed by atoms with E-state index in [0.29, 0.717) is 29.5 Å². The van der Waals surface area contributed by atoms with E-state index in [-0.39, 0.29) is 17.3 Å². The second kappa shape index (κ2) is 10.7. The van der Waals surface area contributed by atoms with Crippen LogP contribution in [0.5, 0.6) is 11.5 Å². The molecule has 1 aliphatic heterocycles. The molecule has 1 amide bonds. The van der Waals surface area contributed by atoms with Crippen LogP contribution in [0.1, 0.15) is 28.9 Å². The number of fused-ring (bicyclic) bond motifs is 1. The number of carbonyl (C=O) groups is 1. The molecule has 0 saturated carbocycles. The first-order chi connectivity index (χ1) is 18.3. The van der Waals surface area contributed by atoms with Crippen molar-refractivity contribution in [3.8, 4) is 11.5 Å². The third-order valence-corrected chi connectivity index (χ3v) is 6.41. The van der Waals surface area contributed by atoms with Gasteiger partial charge >= 0.3 is 6.18 Å². The van der Waals surface area contributed by atoms with E-state index in [4.69, 9.17) is 4.74 Å². The van der Waals surface area contributed by atoms with Crippen molar-refractivity contribution in [2.45, 2.75) is 19.0 Å². The molecule has 8 nitrogen and oxygen atoms in total. The van der Waals surface area contributed by atoms with E-state index in [0.717, 1.165) is 37.3 Å². The number of ether oxygens (including phenoxy) is 1. The van der Waals surface area contributed by atoms with Gasteiger partial charge in [-0.2, -0.15) is 13.2 Å². The lowest BCUT2D eigenvalue weighted by atomic mass is 10.2. The maximum Gasteiger partial charge on any atom is 0.416 e. The van der Waals surface area contributed by atoms with Crippen LogP contribution < -0.4 is 15.4 Å². The Hall–Kier alpha value is -4.12. The fourth-order valence-electron chi connectivity index (χ4n) is 4.42. The Morgan fingerprint density at radius 2 is 1.84 bits per heavy atom. The van der Waals surface area contributed by atoms with Crippen molar-refractivity contribution in [2.24, 2.45) is 7.05 Å². The van der Waals surface area contributed by atoms with Gasteiger partial charge < -0.3 is 24.8 Å². The molecule has 0 bridgehead atoms. The minimum atomic E-state index is -4.43. The van der Waals surface area contributed by atoms with Gasteiger partial charge in [-0.3, -0.25) is 9.78 Å². The zero-order chi connectivity index (χ0) is 26.7. The maximum atomic E-state index is 13.1. The van der Waals surface area contributed by atoms with Crippen LogP contribution in [-0.4, -0.2) is 51.5 Å². The highest BCUT2D eigenvalue weighted by Crippen LogP contribution is 2.32. The van der Waals surface area contributed by atoms with E-state index in [1.54, 1.807) is 41.9 Å². The molecular formula is C27H27F3N6O2. The number of halogens is 3. The zero-order valence-electron chi connectivity index (χ0n) is 20.8. The Morgan fingerprint density at radius 1 is 1.05 bits per heavy atom. The van der Waals surface area contributed by atoms with Crippen LogP contribution in [0.2, 0.25) is 0 Å². The number of nitrogens with zero attached hydrogens (tertiary/aromatic N) is 4. The van der Waals surface area contributed by atoms with Crippen LogP contribution >= 0.6 is 0 Å². The Labute approximate surface area is 217 Å². The van der Waals surface area contributed by atoms with Crippen LogP contribution in [0.25, 0.3) is 11.0 Å². The Bertz CT molecular complexity index is 1450. The predicted molar refractivity (Wildman–Crippen MR) is 138 cm³/mol. The molecule has 0 aliphatic carbocycles. The van der Waals surface area contributed by atoms with Gasteiger partial charge in [0.1, 0.15) is 17.2 Å². The molecular weight excluding hydrogens is 497 g/mol. The topological polar surface area (TPSA) is 84.3 Å². The number of imidazole rings is 1. The summed E-state index contributed by atoms with van der Waals surface area (Å²) in [6.45, 7) is 3.51. The van der Waals surface area contributed by atoms with Gasteiger partial charge in [0, 0.05) is 44.2 Å². The number of aryl methyl sites for hydroxylation is 1. The van der Waals surface area contributed by atoms with Gasteiger partial charge in [0.2, 0.25) is 5.95 Å². The normalized spacial score (nSPS) is 14.1. The second-order valence-corrected chi connectivity index (χ2v) is 9.13. The zero-order valence-corrected chi connectivity index (χ0v) is 20.8. The summed E-state index contributed by atoms with van der Waals surface area (Å²) in [5.74, 6) is 1.06. The number of benzene rings is 2. The van der Waals surface area contributed by atoms with Gasteiger partial charge in [-0.25, -0.2) is 4.98 Å². The lowest BCUT2D eigenvalue weighted by Crippen LogP contribution is -2.33. The van der Waals surface area contributed by atoms with Gasteiger partial charge in [0.05, 0.1) is 16.6 Å². The number of amides is 1. The average Bonchev–Trinajstić information content (AvgIpc) is 3.52. The van der Waals surface area contributed by atoms with Crippen LogP contribution in [-0.2, 0) is 13.2 Å². The minimum absolute atomic E-state index is 0.260. The van der Waals surface area contributed by atoms with Crippen LogP contribution in [0, 0.1) is 0 Å². The first-order valence-corrected chi connectivity index (χ1v) is 12.3. The van der Waals surface area contributed by atoms with Gasteiger partial charge in [-0.1, -0.05) is 6.07 Å². The Morgan fingerprint density at radius 3 is 2.63 bits per heavy atom. The first-order valence-electron chi connectivity index (χ1n) is 12.3. The van der Waals surface area contributed by atoms with E-state index < -0.39 is 11.7 Å². The van der Waals surface area contributed by atoms with Gasteiger partial charge in [-0.15, -0.1) is 0 Å². The van der Waals surface area contributed by atoms with E-state index in [1.807, 2.05) is 6.07 Å². The summed E-state index contributed by atoms with van der Waals surface area (Å²) in [4.78, 5) is 23.5. The largest absolute Gasteiger partial charge is 0.457 e. The molecule has 2 N–H and O–H groups in total. The molecule has 5 rings (SSSR count).